The van der Waals surface area contributed by atoms with Crippen molar-refractivity contribution in [3.05, 3.63) is 41.2 Å². The smallest absolute Gasteiger partial charge is 0.133 e. The molecule has 0 unspecified atom stereocenters. The summed E-state index contributed by atoms with van der Waals surface area (Å²) in [7, 11) is 4.00. The Hall–Kier alpha value is -2.05. The molecule has 2 N–H and O–H groups in total. The third kappa shape index (κ3) is 6.74. The van der Waals surface area contributed by atoms with Gasteiger partial charge in [-0.1, -0.05) is 11.6 Å². The number of halogens is 1. The van der Waals surface area contributed by atoms with Gasteiger partial charge in [0, 0.05) is 43.8 Å². The second kappa shape index (κ2) is 9.84. The molecule has 164 valence electrons. The molecule has 1 fully saturated rings. The minimum absolute atomic E-state index is 0.288. The Labute approximate surface area is 185 Å². The van der Waals surface area contributed by atoms with E-state index in [1.165, 1.54) is 0 Å². The number of nitrogens with one attached hydrogen (secondary N) is 2. The molecule has 0 radical (unpaired) electrons. The Morgan fingerprint density at radius 1 is 1.07 bits per heavy atom. The maximum Gasteiger partial charge on any atom is 0.133 e. The van der Waals surface area contributed by atoms with Crippen molar-refractivity contribution >= 4 is 23.2 Å². The van der Waals surface area contributed by atoms with Crippen LogP contribution in [0.3, 0.4) is 0 Å². The van der Waals surface area contributed by atoms with Crippen molar-refractivity contribution in [2.24, 2.45) is 0 Å². The van der Waals surface area contributed by atoms with E-state index >= 15 is 0 Å². The monoisotopic (exact) mass is 431 g/mol. The highest BCUT2D eigenvalue weighted by Crippen LogP contribution is 2.24. The summed E-state index contributed by atoms with van der Waals surface area (Å²) >= 11 is 5.96. The number of ether oxygens (including phenoxy) is 1. The van der Waals surface area contributed by atoms with E-state index in [0.717, 1.165) is 60.5 Å². The second-order valence-corrected chi connectivity index (χ2v) is 9.38. The zero-order valence-corrected chi connectivity index (χ0v) is 19.5. The summed E-state index contributed by atoms with van der Waals surface area (Å²) in [6, 6.07) is 10.5. The van der Waals surface area contributed by atoms with Gasteiger partial charge in [-0.15, -0.1) is 0 Å². The van der Waals surface area contributed by atoms with Crippen molar-refractivity contribution in [1.29, 1.82) is 0 Å². The zero-order valence-electron chi connectivity index (χ0n) is 18.7. The lowest BCUT2D eigenvalue weighted by Gasteiger charge is -2.33. The topological polar surface area (TPSA) is 62.3 Å². The number of rotatable bonds is 8. The van der Waals surface area contributed by atoms with Crippen LogP contribution in [0.4, 0.5) is 11.6 Å². The summed E-state index contributed by atoms with van der Waals surface area (Å²) in [6.45, 7) is 6.96. The molecule has 0 atom stereocenters. The Morgan fingerprint density at radius 2 is 1.70 bits per heavy atom. The van der Waals surface area contributed by atoms with Crippen LogP contribution in [-0.4, -0.2) is 48.3 Å². The molecule has 6 nitrogen and oxygen atoms in total. The minimum atomic E-state index is -0.288. The van der Waals surface area contributed by atoms with E-state index in [2.05, 4.69) is 34.4 Å². The molecular formula is C23H34ClN5O. The average Bonchev–Trinajstić information content (AvgIpc) is 2.69. The lowest BCUT2D eigenvalue weighted by atomic mass is 9.90. The molecule has 1 aliphatic rings. The van der Waals surface area contributed by atoms with Crippen molar-refractivity contribution in [3.63, 3.8) is 0 Å². The SMILES string of the molecule is Cc1nc(NC2CCC(NCC(C)(C)Oc3ccc(Cl)cc3)CC2)cc(N(C)C)n1. The largest absolute Gasteiger partial charge is 0.487 e. The van der Waals surface area contributed by atoms with Crippen LogP contribution in [0.25, 0.3) is 0 Å². The number of aryl methyl sites for hydroxylation is 1. The summed E-state index contributed by atoms with van der Waals surface area (Å²) in [4.78, 5) is 11.0. The molecule has 0 bridgehead atoms. The molecule has 30 heavy (non-hydrogen) atoms. The lowest BCUT2D eigenvalue weighted by molar-refractivity contribution is 0.101. The molecule has 1 aromatic heterocycles. The van der Waals surface area contributed by atoms with Gasteiger partial charge in [0.05, 0.1) is 0 Å². The Kier molecular flexibility index (Phi) is 7.42. The van der Waals surface area contributed by atoms with Gasteiger partial charge in [-0.25, -0.2) is 9.97 Å². The van der Waals surface area contributed by atoms with Gasteiger partial charge in [-0.3, -0.25) is 0 Å². The highest BCUT2D eigenvalue weighted by molar-refractivity contribution is 6.30. The van der Waals surface area contributed by atoms with E-state index in [1.54, 1.807) is 0 Å². The summed E-state index contributed by atoms with van der Waals surface area (Å²) < 4.78 is 6.14. The first-order valence-corrected chi connectivity index (χ1v) is 11.1. The van der Waals surface area contributed by atoms with E-state index in [-0.39, 0.29) is 5.60 Å². The van der Waals surface area contributed by atoms with Gasteiger partial charge in [0.25, 0.3) is 0 Å². The summed E-state index contributed by atoms with van der Waals surface area (Å²) in [5.74, 6) is 3.49. The highest BCUT2D eigenvalue weighted by atomic mass is 35.5. The molecule has 3 rings (SSSR count). The quantitative estimate of drug-likeness (QED) is 0.633. The number of anilines is 2. The van der Waals surface area contributed by atoms with Crippen molar-refractivity contribution in [2.75, 3.05) is 30.9 Å². The Balaban J connectivity index is 1.45. The fourth-order valence-electron chi connectivity index (χ4n) is 3.75. The van der Waals surface area contributed by atoms with Crippen LogP contribution >= 0.6 is 11.6 Å². The van der Waals surface area contributed by atoms with Gasteiger partial charge in [-0.05, 0) is 70.7 Å². The fraction of sp³-hybridized carbons (Fsp3) is 0.565. The molecular weight excluding hydrogens is 398 g/mol. The molecule has 1 aliphatic carbocycles. The van der Waals surface area contributed by atoms with Gasteiger partial charge >= 0.3 is 0 Å². The Bertz CT molecular complexity index is 817. The van der Waals surface area contributed by atoms with Gasteiger partial charge in [-0.2, -0.15) is 0 Å². The van der Waals surface area contributed by atoms with Crippen LogP contribution in [0.1, 0.15) is 45.4 Å². The number of aromatic nitrogens is 2. The first kappa shape index (κ1) is 22.6. The number of hydrogen-bond donors (Lipinski definition) is 2. The normalized spacial score (nSPS) is 19.4. The first-order valence-electron chi connectivity index (χ1n) is 10.7. The molecule has 2 aromatic rings. The van der Waals surface area contributed by atoms with E-state index < -0.39 is 0 Å². The predicted molar refractivity (Wildman–Crippen MR) is 125 cm³/mol. The number of nitrogens with zero attached hydrogens (tertiary/aromatic N) is 3. The Morgan fingerprint density at radius 3 is 2.33 bits per heavy atom. The maximum absolute atomic E-state index is 6.14. The zero-order chi connectivity index (χ0) is 21.7. The molecule has 1 aromatic carbocycles. The van der Waals surface area contributed by atoms with E-state index in [4.69, 9.17) is 16.3 Å². The van der Waals surface area contributed by atoms with Crippen molar-refractivity contribution in [1.82, 2.24) is 15.3 Å². The fourth-order valence-corrected chi connectivity index (χ4v) is 3.88. The van der Waals surface area contributed by atoms with Gasteiger partial charge in [0.15, 0.2) is 0 Å². The van der Waals surface area contributed by atoms with Crippen molar-refractivity contribution in [2.45, 2.75) is 64.1 Å². The summed E-state index contributed by atoms with van der Waals surface area (Å²) in [5.41, 5.74) is -0.288. The van der Waals surface area contributed by atoms with E-state index in [9.17, 15) is 0 Å². The molecule has 0 saturated heterocycles. The molecule has 7 heteroatoms. The summed E-state index contributed by atoms with van der Waals surface area (Å²) in [5, 5.41) is 8.03. The van der Waals surface area contributed by atoms with Crippen LogP contribution in [0, 0.1) is 6.92 Å². The average molecular weight is 432 g/mol. The molecule has 1 saturated carbocycles. The number of benzene rings is 1. The molecule has 0 amide bonds. The van der Waals surface area contributed by atoms with E-state index in [1.807, 2.05) is 56.3 Å². The van der Waals surface area contributed by atoms with Crippen molar-refractivity contribution in [3.8, 4) is 5.75 Å². The van der Waals surface area contributed by atoms with Crippen LogP contribution < -0.4 is 20.3 Å². The predicted octanol–water partition coefficient (Wildman–Crippen LogP) is 4.67. The summed E-state index contributed by atoms with van der Waals surface area (Å²) in [6.07, 6.45) is 4.52. The van der Waals surface area contributed by atoms with Gasteiger partial charge in [0.2, 0.25) is 0 Å². The first-order chi connectivity index (χ1) is 14.2. The third-order valence-corrected chi connectivity index (χ3v) is 5.64. The number of hydrogen-bond acceptors (Lipinski definition) is 6. The molecule has 1 heterocycles. The second-order valence-electron chi connectivity index (χ2n) is 8.94. The highest BCUT2D eigenvalue weighted by Gasteiger charge is 2.25. The third-order valence-electron chi connectivity index (χ3n) is 5.39. The van der Waals surface area contributed by atoms with Crippen LogP contribution in [0.15, 0.2) is 30.3 Å². The van der Waals surface area contributed by atoms with Crippen LogP contribution in [0.2, 0.25) is 5.02 Å². The van der Waals surface area contributed by atoms with Crippen LogP contribution in [-0.2, 0) is 0 Å². The molecule has 0 aliphatic heterocycles. The minimum Gasteiger partial charge on any atom is -0.487 e. The lowest BCUT2D eigenvalue weighted by Crippen LogP contribution is -2.46. The van der Waals surface area contributed by atoms with Crippen LogP contribution in [0.5, 0.6) is 5.75 Å². The maximum atomic E-state index is 6.14. The van der Waals surface area contributed by atoms with Crippen molar-refractivity contribution < 1.29 is 4.74 Å². The molecule has 0 spiro atoms. The van der Waals surface area contributed by atoms with Gasteiger partial charge in [0.1, 0.15) is 28.8 Å². The van der Waals surface area contributed by atoms with Gasteiger partial charge < -0.3 is 20.3 Å². The standard InChI is InChI=1S/C23H34ClN5O/c1-16-26-21(14-22(27-16)29(4)5)28-19-10-8-18(9-11-19)25-15-23(2,3)30-20-12-6-17(24)7-13-20/h6-7,12-14,18-19,25H,8-11,15H2,1-5H3,(H,26,27,28). The van der Waals surface area contributed by atoms with E-state index in [0.29, 0.717) is 12.1 Å².